The van der Waals surface area contributed by atoms with Gasteiger partial charge in [0, 0.05) is 17.6 Å². The molecule has 0 radical (unpaired) electrons. The smallest absolute Gasteiger partial charge is 0.254 e. The lowest BCUT2D eigenvalue weighted by Gasteiger charge is -2.13. The van der Waals surface area contributed by atoms with Crippen LogP contribution in [0.15, 0.2) is 18.5 Å². The molecule has 20 heavy (non-hydrogen) atoms. The summed E-state index contributed by atoms with van der Waals surface area (Å²) in [6, 6.07) is 3.97. The molecular weight excluding hydrogens is 274 g/mol. The second-order valence-corrected chi connectivity index (χ2v) is 5.25. The highest BCUT2D eigenvalue weighted by Gasteiger charge is 2.16. The lowest BCUT2D eigenvalue weighted by molar-refractivity contribution is 0.944. The van der Waals surface area contributed by atoms with Crippen molar-refractivity contribution in [3.63, 3.8) is 0 Å². The number of hydrogen-bond acceptors (Lipinski definition) is 4. The minimum atomic E-state index is 0. The van der Waals surface area contributed by atoms with Crippen LogP contribution in [0.4, 0.5) is 5.82 Å². The number of nitrogen functional groups attached to an aromatic ring is 1. The third-order valence-corrected chi connectivity index (χ3v) is 3.81. The monoisotopic (exact) mass is 290 g/mol. The van der Waals surface area contributed by atoms with Crippen molar-refractivity contribution in [2.24, 2.45) is 0 Å². The Morgan fingerprint density at radius 2 is 1.90 bits per heavy atom. The molecule has 0 amide bonds. The molecular formula is C14H16ClN5. The normalized spacial score (nSPS) is 11.2. The number of nitrogens with zero attached hydrogens (tertiary/aromatic N) is 4. The largest absolute Gasteiger partial charge is 0.383 e. The summed E-state index contributed by atoms with van der Waals surface area (Å²) >= 11 is 6.38. The fourth-order valence-electron chi connectivity index (χ4n) is 2.28. The second-order valence-electron chi connectivity index (χ2n) is 4.85. The molecule has 0 unspecified atom stereocenters. The molecule has 0 atom stereocenters. The summed E-state index contributed by atoms with van der Waals surface area (Å²) in [7, 11) is 0. The molecule has 2 N–H and O–H groups in total. The molecule has 0 aliphatic carbocycles. The number of anilines is 1. The quantitative estimate of drug-likeness (QED) is 0.747. The van der Waals surface area contributed by atoms with Gasteiger partial charge in [-0.1, -0.05) is 11.6 Å². The maximum absolute atomic E-state index is 6.38. The van der Waals surface area contributed by atoms with Gasteiger partial charge in [-0.05, 0) is 44.0 Å². The van der Waals surface area contributed by atoms with E-state index in [0.717, 1.165) is 27.9 Å². The Morgan fingerprint density at radius 1 is 1.20 bits per heavy atom. The fraction of sp³-hybridized carbons (Fsp3) is 0.214. The number of aryl methyl sites for hydroxylation is 3. The van der Waals surface area contributed by atoms with Gasteiger partial charge in [0.05, 0.1) is 5.69 Å². The number of rotatable bonds is 1. The van der Waals surface area contributed by atoms with E-state index in [9.17, 15) is 0 Å². The van der Waals surface area contributed by atoms with Gasteiger partial charge in [-0.3, -0.25) is 0 Å². The van der Waals surface area contributed by atoms with E-state index in [0.29, 0.717) is 16.6 Å². The summed E-state index contributed by atoms with van der Waals surface area (Å²) in [6.07, 6.45) is 1.43. The zero-order chi connectivity index (χ0) is 14.4. The predicted octanol–water partition coefficient (Wildman–Crippen LogP) is 3.20. The molecule has 0 aliphatic rings. The van der Waals surface area contributed by atoms with E-state index >= 15 is 0 Å². The summed E-state index contributed by atoms with van der Waals surface area (Å²) in [4.78, 5) is 8.47. The van der Waals surface area contributed by atoms with Crippen molar-refractivity contribution < 1.29 is 1.43 Å². The minimum Gasteiger partial charge on any atom is -0.383 e. The molecule has 0 saturated heterocycles. The van der Waals surface area contributed by atoms with Gasteiger partial charge in [-0.25, -0.2) is 4.98 Å². The van der Waals surface area contributed by atoms with Crippen molar-refractivity contribution in [3.8, 4) is 11.1 Å². The number of fused-ring (bicyclic) bond motifs is 1. The van der Waals surface area contributed by atoms with Crippen LogP contribution >= 0.6 is 11.6 Å². The first kappa shape index (κ1) is 12.9. The van der Waals surface area contributed by atoms with Crippen LogP contribution in [0.25, 0.3) is 16.9 Å². The highest BCUT2D eigenvalue weighted by atomic mass is 35.5. The Morgan fingerprint density at radius 3 is 2.65 bits per heavy atom. The standard InChI is InChI=1S/C14H14ClN5.H2/c1-7-4-10(11(15)5-8(7)2)12-9(3)19-14-17-6-18-20(14)13(12)16;/h4-6H,16H2,1-3H3;1H/i;1+1. The maximum Gasteiger partial charge on any atom is 0.254 e. The van der Waals surface area contributed by atoms with E-state index < -0.39 is 0 Å². The molecule has 3 aromatic rings. The van der Waals surface area contributed by atoms with Crippen molar-refractivity contribution >= 4 is 23.2 Å². The average Bonchev–Trinajstić information content (AvgIpc) is 2.83. The molecule has 6 heteroatoms. The van der Waals surface area contributed by atoms with Crippen molar-refractivity contribution in [2.75, 3.05) is 5.73 Å². The van der Waals surface area contributed by atoms with Gasteiger partial charge in [0.25, 0.3) is 5.78 Å². The molecule has 2 aromatic heterocycles. The fourth-order valence-corrected chi connectivity index (χ4v) is 2.60. The lowest BCUT2D eigenvalue weighted by Crippen LogP contribution is -2.06. The second kappa shape index (κ2) is 4.45. The van der Waals surface area contributed by atoms with E-state index in [-0.39, 0.29) is 1.43 Å². The van der Waals surface area contributed by atoms with E-state index in [1.165, 1.54) is 10.8 Å². The van der Waals surface area contributed by atoms with Crippen LogP contribution in [0.1, 0.15) is 18.2 Å². The third kappa shape index (κ3) is 1.82. The van der Waals surface area contributed by atoms with Gasteiger partial charge in [-0.15, -0.1) is 0 Å². The molecule has 2 heterocycles. The molecule has 104 valence electrons. The number of aromatic nitrogens is 4. The zero-order valence-electron chi connectivity index (χ0n) is 11.5. The van der Waals surface area contributed by atoms with E-state index in [1.807, 2.05) is 32.9 Å². The Balaban J connectivity index is 0.00000161. The maximum atomic E-state index is 6.38. The highest BCUT2D eigenvalue weighted by Crippen LogP contribution is 2.35. The molecule has 0 fully saturated rings. The Bertz CT molecular complexity index is 828. The minimum absolute atomic E-state index is 0. The van der Waals surface area contributed by atoms with Crippen LogP contribution in [0.2, 0.25) is 5.02 Å². The van der Waals surface area contributed by atoms with Crippen molar-refractivity contribution in [1.29, 1.82) is 0 Å². The molecule has 5 nitrogen and oxygen atoms in total. The number of hydrogen-bond donors (Lipinski definition) is 1. The molecule has 1 aromatic carbocycles. The van der Waals surface area contributed by atoms with Gasteiger partial charge in [0.2, 0.25) is 0 Å². The van der Waals surface area contributed by atoms with Crippen LogP contribution in [-0.2, 0) is 0 Å². The first-order chi connectivity index (χ1) is 9.49. The Kier molecular flexibility index (Phi) is 2.87. The van der Waals surface area contributed by atoms with Crippen molar-refractivity contribution in [3.05, 3.63) is 40.3 Å². The van der Waals surface area contributed by atoms with Crippen LogP contribution in [0.5, 0.6) is 0 Å². The topological polar surface area (TPSA) is 69.1 Å². The first-order valence-corrected chi connectivity index (χ1v) is 6.59. The van der Waals surface area contributed by atoms with Gasteiger partial charge in [-0.2, -0.15) is 14.6 Å². The van der Waals surface area contributed by atoms with Crippen molar-refractivity contribution in [1.82, 2.24) is 19.6 Å². The summed E-state index contributed by atoms with van der Waals surface area (Å²) in [6.45, 7) is 5.97. The van der Waals surface area contributed by atoms with Gasteiger partial charge < -0.3 is 5.73 Å². The average molecular weight is 291 g/mol. The highest BCUT2D eigenvalue weighted by molar-refractivity contribution is 6.33. The third-order valence-electron chi connectivity index (χ3n) is 3.50. The van der Waals surface area contributed by atoms with Gasteiger partial charge in [0.1, 0.15) is 12.1 Å². The Hall–Kier alpha value is -2.14. The van der Waals surface area contributed by atoms with Crippen molar-refractivity contribution in [2.45, 2.75) is 20.8 Å². The summed E-state index contributed by atoms with van der Waals surface area (Å²) in [5, 5.41) is 4.75. The summed E-state index contributed by atoms with van der Waals surface area (Å²) in [5.74, 6) is 0.985. The van der Waals surface area contributed by atoms with Crippen LogP contribution in [0.3, 0.4) is 0 Å². The SMILES string of the molecule is Cc1cc(Cl)c(-c2c(C)nc3ncnn3c2N)cc1C.[2HH]. The van der Waals surface area contributed by atoms with Crippen LogP contribution in [0, 0.1) is 20.8 Å². The Labute approximate surface area is 122 Å². The van der Waals surface area contributed by atoms with Crippen LogP contribution in [-0.4, -0.2) is 19.6 Å². The van der Waals surface area contributed by atoms with Gasteiger partial charge in [0.15, 0.2) is 0 Å². The van der Waals surface area contributed by atoms with Gasteiger partial charge >= 0.3 is 0 Å². The number of benzene rings is 1. The molecule has 0 bridgehead atoms. The summed E-state index contributed by atoms with van der Waals surface area (Å²) in [5.41, 5.74) is 11.0. The lowest BCUT2D eigenvalue weighted by atomic mass is 9.99. The van der Waals surface area contributed by atoms with Crippen LogP contribution < -0.4 is 5.73 Å². The number of halogens is 1. The molecule has 0 aliphatic heterocycles. The summed E-state index contributed by atoms with van der Waals surface area (Å²) < 4.78 is 1.52. The molecule has 3 rings (SSSR count). The van der Waals surface area contributed by atoms with E-state index in [1.54, 1.807) is 0 Å². The van der Waals surface area contributed by atoms with E-state index in [2.05, 4.69) is 15.1 Å². The first-order valence-electron chi connectivity index (χ1n) is 6.22. The molecule has 0 spiro atoms. The van der Waals surface area contributed by atoms with E-state index in [4.69, 9.17) is 17.3 Å². The number of nitrogens with two attached hydrogens (primary N) is 1. The zero-order valence-corrected chi connectivity index (χ0v) is 12.2. The predicted molar refractivity (Wildman–Crippen MR) is 82.0 cm³/mol. The molecule has 0 saturated carbocycles.